The molecular formula is C13H8Cl4FN3O2. The van der Waals surface area contributed by atoms with E-state index in [4.69, 9.17) is 52.2 Å². The Bertz CT molecular complexity index is 802. The fourth-order valence-electron chi connectivity index (χ4n) is 1.82. The van der Waals surface area contributed by atoms with Crippen molar-refractivity contribution in [2.75, 3.05) is 12.5 Å². The number of rotatable bonds is 3. The molecule has 0 amide bonds. The number of hydrogen-bond donors (Lipinski definition) is 2. The van der Waals surface area contributed by atoms with Crippen LogP contribution in [-0.4, -0.2) is 18.1 Å². The molecule has 0 bridgehead atoms. The zero-order chi connectivity index (χ0) is 17.3. The SMILES string of the molecule is COC(=O)c1nc(-c2cc(Cl)c(Cl)c(Cl)c2NN)c(F)cc1Cl. The van der Waals surface area contributed by atoms with Crippen LogP contribution in [0, 0.1) is 5.82 Å². The smallest absolute Gasteiger partial charge is 0.358 e. The quantitative estimate of drug-likeness (QED) is 0.342. The van der Waals surface area contributed by atoms with Gasteiger partial charge in [-0.25, -0.2) is 14.2 Å². The number of nitrogen functional groups attached to an aromatic ring is 1. The van der Waals surface area contributed by atoms with Crippen LogP contribution >= 0.6 is 46.4 Å². The van der Waals surface area contributed by atoms with Crippen LogP contribution in [0.4, 0.5) is 10.1 Å². The van der Waals surface area contributed by atoms with Crippen molar-refractivity contribution in [2.24, 2.45) is 5.84 Å². The summed E-state index contributed by atoms with van der Waals surface area (Å²) in [5.74, 6) is 3.77. The predicted octanol–water partition coefficient (Wildman–Crippen LogP) is 4.57. The van der Waals surface area contributed by atoms with Gasteiger partial charge in [0.15, 0.2) is 11.5 Å². The van der Waals surface area contributed by atoms with Crippen LogP contribution in [0.15, 0.2) is 12.1 Å². The van der Waals surface area contributed by atoms with Crippen LogP contribution in [0.3, 0.4) is 0 Å². The van der Waals surface area contributed by atoms with Crippen LogP contribution in [0.25, 0.3) is 11.3 Å². The molecule has 0 radical (unpaired) electrons. The van der Waals surface area contributed by atoms with Gasteiger partial charge in [0.25, 0.3) is 0 Å². The third-order valence-corrected chi connectivity index (χ3v) is 4.42. The van der Waals surface area contributed by atoms with Gasteiger partial charge >= 0.3 is 5.97 Å². The highest BCUT2D eigenvalue weighted by molar-refractivity contribution is 6.49. The van der Waals surface area contributed by atoms with Crippen molar-refractivity contribution in [1.82, 2.24) is 4.98 Å². The number of benzene rings is 1. The van der Waals surface area contributed by atoms with Crippen LogP contribution in [0.1, 0.15) is 10.5 Å². The Morgan fingerprint density at radius 2 is 1.87 bits per heavy atom. The standard InChI is InChI=1S/C13H8Cl4FN3O2/c1-23-13(22)12-6(15)3-7(18)10(20-12)4-2-5(14)8(16)9(17)11(4)21-19/h2-3,21H,19H2,1H3. The number of nitrogens with one attached hydrogen (secondary N) is 1. The number of pyridine rings is 1. The highest BCUT2D eigenvalue weighted by Gasteiger charge is 2.23. The first kappa shape index (κ1) is 18.0. The average Bonchev–Trinajstić information content (AvgIpc) is 2.52. The first-order valence-corrected chi connectivity index (χ1v) is 7.41. The molecule has 23 heavy (non-hydrogen) atoms. The second-order valence-electron chi connectivity index (χ2n) is 4.19. The first-order chi connectivity index (χ1) is 10.8. The minimum absolute atomic E-state index is 0.0209. The summed E-state index contributed by atoms with van der Waals surface area (Å²) in [4.78, 5) is 15.6. The molecule has 2 rings (SSSR count). The molecule has 0 saturated carbocycles. The largest absolute Gasteiger partial charge is 0.464 e. The number of carbonyl (C=O) groups excluding carboxylic acids is 1. The van der Waals surface area contributed by atoms with Gasteiger partial charge in [0, 0.05) is 5.56 Å². The van der Waals surface area contributed by atoms with Gasteiger partial charge in [-0.2, -0.15) is 0 Å². The lowest BCUT2D eigenvalue weighted by atomic mass is 10.1. The maximum Gasteiger partial charge on any atom is 0.358 e. The number of nitrogens with zero attached hydrogens (tertiary/aromatic N) is 1. The van der Waals surface area contributed by atoms with Crippen LogP contribution in [0.2, 0.25) is 20.1 Å². The van der Waals surface area contributed by atoms with Gasteiger partial charge in [0.1, 0.15) is 5.69 Å². The number of esters is 1. The zero-order valence-corrected chi connectivity index (χ0v) is 14.4. The summed E-state index contributed by atoms with van der Waals surface area (Å²) in [5.41, 5.74) is 1.98. The topological polar surface area (TPSA) is 77.2 Å². The van der Waals surface area contributed by atoms with Crippen LogP contribution < -0.4 is 11.3 Å². The minimum atomic E-state index is -0.829. The maximum absolute atomic E-state index is 14.3. The van der Waals surface area contributed by atoms with Crippen molar-refractivity contribution in [2.45, 2.75) is 0 Å². The highest BCUT2D eigenvalue weighted by Crippen LogP contribution is 2.43. The molecule has 5 nitrogen and oxygen atoms in total. The summed E-state index contributed by atoms with van der Waals surface area (Å²) in [6.45, 7) is 0. The van der Waals surface area contributed by atoms with Gasteiger partial charge in [-0.05, 0) is 12.1 Å². The lowest BCUT2D eigenvalue weighted by Gasteiger charge is -2.14. The summed E-state index contributed by atoms with van der Waals surface area (Å²) in [5, 5.41) is -0.131. The summed E-state index contributed by atoms with van der Waals surface area (Å²) in [6.07, 6.45) is 0. The summed E-state index contributed by atoms with van der Waals surface area (Å²) >= 11 is 23.7. The van der Waals surface area contributed by atoms with Crippen molar-refractivity contribution >= 4 is 58.1 Å². The molecule has 2 aromatic rings. The molecule has 10 heteroatoms. The van der Waals surface area contributed by atoms with Gasteiger partial charge in [-0.15, -0.1) is 0 Å². The van der Waals surface area contributed by atoms with E-state index in [2.05, 4.69) is 15.1 Å². The third kappa shape index (κ3) is 3.32. The molecular weight excluding hydrogens is 391 g/mol. The molecule has 0 fully saturated rings. The van der Waals surface area contributed by atoms with Crippen molar-refractivity contribution in [3.05, 3.63) is 43.7 Å². The Hall–Kier alpha value is -1.31. The molecule has 0 atom stereocenters. The van der Waals surface area contributed by atoms with Crippen LogP contribution in [-0.2, 0) is 4.74 Å². The molecule has 1 aromatic carbocycles. The number of methoxy groups -OCH3 is 1. The number of halogens is 5. The Labute approximate surface area is 150 Å². The van der Waals surface area contributed by atoms with E-state index in [0.29, 0.717) is 0 Å². The van der Waals surface area contributed by atoms with Gasteiger partial charge in [-0.3, -0.25) is 5.84 Å². The van der Waals surface area contributed by atoms with E-state index >= 15 is 0 Å². The number of ether oxygens (including phenoxy) is 1. The van der Waals surface area contributed by atoms with Crippen molar-refractivity contribution < 1.29 is 13.9 Å². The molecule has 0 unspecified atom stereocenters. The molecule has 1 aromatic heterocycles. The summed E-state index contributed by atoms with van der Waals surface area (Å²) < 4.78 is 18.8. The molecule has 1 heterocycles. The van der Waals surface area contributed by atoms with E-state index in [-0.39, 0.29) is 42.7 Å². The Kier molecular flexibility index (Phi) is 5.54. The molecule has 0 spiro atoms. The van der Waals surface area contributed by atoms with Crippen molar-refractivity contribution in [1.29, 1.82) is 0 Å². The molecule has 122 valence electrons. The molecule has 0 saturated heterocycles. The van der Waals surface area contributed by atoms with E-state index in [1.165, 1.54) is 6.07 Å². The Balaban J connectivity index is 2.79. The molecule has 0 aliphatic carbocycles. The monoisotopic (exact) mass is 397 g/mol. The lowest BCUT2D eigenvalue weighted by molar-refractivity contribution is 0.0594. The highest BCUT2D eigenvalue weighted by atomic mass is 35.5. The lowest BCUT2D eigenvalue weighted by Crippen LogP contribution is -2.11. The van der Waals surface area contributed by atoms with E-state index in [9.17, 15) is 9.18 Å². The third-order valence-electron chi connectivity index (χ3n) is 2.87. The Morgan fingerprint density at radius 3 is 2.43 bits per heavy atom. The van der Waals surface area contributed by atoms with E-state index in [1.54, 1.807) is 0 Å². The number of hydrogen-bond acceptors (Lipinski definition) is 5. The number of nitrogens with two attached hydrogens (primary N) is 1. The van der Waals surface area contributed by atoms with E-state index < -0.39 is 11.8 Å². The summed E-state index contributed by atoms with van der Waals surface area (Å²) in [7, 11) is 1.15. The van der Waals surface area contributed by atoms with Crippen molar-refractivity contribution in [3.63, 3.8) is 0 Å². The minimum Gasteiger partial charge on any atom is -0.464 e. The number of aromatic nitrogens is 1. The zero-order valence-electron chi connectivity index (χ0n) is 11.4. The predicted molar refractivity (Wildman–Crippen MR) is 88.8 cm³/mol. The van der Waals surface area contributed by atoms with Gasteiger partial charge in [0.05, 0.1) is 32.9 Å². The summed E-state index contributed by atoms with van der Waals surface area (Å²) in [6, 6.07) is 2.23. The number of hydrazine groups is 1. The van der Waals surface area contributed by atoms with Gasteiger partial charge in [-0.1, -0.05) is 46.4 Å². The van der Waals surface area contributed by atoms with Crippen molar-refractivity contribution in [3.8, 4) is 11.3 Å². The second-order valence-corrected chi connectivity index (χ2v) is 5.76. The number of carbonyl (C=O) groups is 1. The normalized spacial score (nSPS) is 10.6. The van der Waals surface area contributed by atoms with E-state index in [1.807, 2.05) is 0 Å². The van der Waals surface area contributed by atoms with E-state index in [0.717, 1.165) is 13.2 Å². The Morgan fingerprint density at radius 1 is 1.22 bits per heavy atom. The fraction of sp³-hybridized carbons (Fsp3) is 0.0769. The van der Waals surface area contributed by atoms with Gasteiger partial charge in [0.2, 0.25) is 0 Å². The molecule has 0 aliphatic heterocycles. The second kappa shape index (κ2) is 7.07. The maximum atomic E-state index is 14.3. The fourth-order valence-corrected chi connectivity index (χ4v) is 2.69. The van der Waals surface area contributed by atoms with Gasteiger partial charge < -0.3 is 10.2 Å². The molecule has 3 N–H and O–H groups in total. The molecule has 0 aliphatic rings. The van der Waals surface area contributed by atoms with Crippen LogP contribution in [0.5, 0.6) is 0 Å². The first-order valence-electron chi connectivity index (χ1n) is 5.90. The average molecular weight is 399 g/mol. The number of anilines is 1.